The van der Waals surface area contributed by atoms with Gasteiger partial charge in [-0.1, -0.05) is 39.8 Å². The van der Waals surface area contributed by atoms with Gasteiger partial charge in [0.25, 0.3) is 0 Å². The van der Waals surface area contributed by atoms with E-state index in [1.54, 1.807) is 0 Å². The molecule has 2 amide bonds. The number of hydrogen-bond donors (Lipinski definition) is 3. The minimum Gasteiger partial charge on any atom is -0.394 e. The van der Waals surface area contributed by atoms with Crippen molar-refractivity contribution in [2.75, 3.05) is 11.9 Å². The summed E-state index contributed by atoms with van der Waals surface area (Å²) in [5.74, 6) is 0. The number of carbonyl (C=O) groups excluding carboxylic acids is 1. The van der Waals surface area contributed by atoms with Gasteiger partial charge in [-0.2, -0.15) is 0 Å². The average Bonchev–Trinajstić information content (AvgIpc) is 2.38. The number of carbonyl (C=O) groups is 1. The van der Waals surface area contributed by atoms with Crippen LogP contribution >= 0.6 is 0 Å². The van der Waals surface area contributed by atoms with Crippen LogP contribution in [0, 0.1) is 0 Å². The van der Waals surface area contributed by atoms with Gasteiger partial charge in [0.2, 0.25) is 0 Å². The SMILES string of the molecule is CC[C@](C)(CO)NC(=O)Nc1ccc(C(C)(C)C)cc1. The topological polar surface area (TPSA) is 61.4 Å². The van der Waals surface area contributed by atoms with Crippen LogP contribution in [0.2, 0.25) is 0 Å². The zero-order valence-electron chi connectivity index (χ0n) is 13.1. The van der Waals surface area contributed by atoms with Crippen molar-refractivity contribution in [3.63, 3.8) is 0 Å². The predicted molar refractivity (Wildman–Crippen MR) is 83.1 cm³/mol. The van der Waals surface area contributed by atoms with Crippen LogP contribution in [0.3, 0.4) is 0 Å². The molecule has 20 heavy (non-hydrogen) atoms. The van der Waals surface area contributed by atoms with E-state index in [1.807, 2.05) is 38.1 Å². The third-order valence-corrected chi connectivity index (χ3v) is 3.55. The molecule has 1 atom stereocenters. The Hall–Kier alpha value is -1.55. The molecular weight excluding hydrogens is 252 g/mol. The smallest absolute Gasteiger partial charge is 0.319 e. The molecule has 4 nitrogen and oxygen atoms in total. The van der Waals surface area contributed by atoms with Crippen molar-refractivity contribution < 1.29 is 9.90 Å². The standard InChI is InChI=1S/C16H26N2O2/c1-6-16(5,11-19)18-14(20)17-13-9-7-12(8-10-13)15(2,3)4/h7-10,19H,6,11H2,1-5H3,(H2,17,18,20)/t16-/m1/s1. The number of urea groups is 1. The lowest BCUT2D eigenvalue weighted by Gasteiger charge is -2.27. The Morgan fingerprint density at radius 1 is 1.15 bits per heavy atom. The van der Waals surface area contributed by atoms with Gasteiger partial charge in [0.15, 0.2) is 0 Å². The van der Waals surface area contributed by atoms with E-state index in [-0.39, 0.29) is 18.1 Å². The number of amides is 2. The molecule has 0 aliphatic heterocycles. The second kappa shape index (κ2) is 6.27. The summed E-state index contributed by atoms with van der Waals surface area (Å²) in [6.45, 7) is 10.1. The Bertz CT molecular complexity index is 443. The lowest BCUT2D eigenvalue weighted by Crippen LogP contribution is -2.50. The van der Waals surface area contributed by atoms with Crippen molar-refractivity contribution in [2.24, 2.45) is 0 Å². The monoisotopic (exact) mass is 278 g/mol. The Morgan fingerprint density at radius 2 is 1.70 bits per heavy atom. The van der Waals surface area contributed by atoms with Gasteiger partial charge in [-0.25, -0.2) is 4.79 Å². The number of aliphatic hydroxyl groups excluding tert-OH is 1. The lowest BCUT2D eigenvalue weighted by atomic mass is 9.87. The largest absolute Gasteiger partial charge is 0.394 e. The first-order chi connectivity index (χ1) is 9.20. The molecule has 0 bridgehead atoms. The molecule has 0 heterocycles. The molecule has 1 aromatic rings. The van der Waals surface area contributed by atoms with E-state index in [9.17, 15) is 9.90 Å². The average molecular weight is 278 g/mol. The molecule has 0 unspecified atom stereocenters. The Morgan fingerprint density at radius 3 is 2.10 bits per heavy atom. The summed E-state index contributed by atoms with van der Waals surface area (Å²) in [5.41, 5.74) is 1.47. The lowest BCUT2D eigenvalue weighted by molar-refractivity contribution is 0.172. The fourth-order valence-electron chi connectivity index (χ4n) is 1.73. The number of aliphatic hydroxyl groups is 1. The van der Waals surface area contributed by atoms with Crippen LogP contribution in [0.25, 0.3) is 0 Å². The second-order valence-electron chi connectivity index (χ2n) is 6.48. The summed E-state index contributed by atoms with van der Waals surface area (Å²) in [7, 11) is 0. The molecule has 0 aromatic heterocycles. The maximum Gasteiger partial charge on any atom is 0.319 e. The van der Waals surface area contributed by atoms with Crippen LogP contribution in [-0.4, -0.2) is 23.3 Å². The van der Waals surface area contributed by atoms with Crippen molar-refractivity contribution in [1.82, 2.24) is 5.32 Å². The highest BCUT2D eigenvalue weighted by Crippen LogP contribution is 2.23. The molecule has 0 aliphatic rings. The van der Waals surface area contributed by atoms with Gasteiger partial charge in [-0.15, -0.1) is 0 Å². The maximum absolute atomic E-state index is 11.9. The third kappa shape index (κ3) is 4.53. The highest BCUT2D eigenvalue weighted by Gasteiger charge is 2.23. The number of anilines is 1. The van der Waals surface area contributed by atoms with E-state index in [2.05, 4.69) is 31.4 Å². The molecule has 3 N–H and O–H groups in total. The van der Waals surface area contributed by atoms with Crippen LogP contribution < -0.4 is 10.6 Å². The zero-order chi connectivity index (χ0) is 15.4. The Balaban J connectivity index is 2.68. The molecular formula is C16H26N2O2. The quantitative estimate of drug-likeness (QED) is 0.791. The van der Waals surface area contributed by atoms with Crippen molar-refractivity contribution in [1.29, 1.82) is 0 Å². The minimum atomic E-state index is -0.588. The summed E-state index contributed by atoms with van der Waals surface area (Å²) < 4.78 is 0. The summed E-state index contributed by atoms with van der Waals surface area (Å²) in [6.07, 6.45) is 0.667. The summed E-state index contributed by atoms with van der Waals surface area (Å²) in [5, 5.41) is 14.9. The molecule has 0 spiro atoms. The molecule has 0 saturated heterocycles. The van der Waals surface area contributed by atoms with Gasteiger partial charge < -0.3 is 15.7 Å². The van der Waals surface area contributed by atoms with Gasteiger partial charge in [-0.05, 0) is 36.5 Å². The first kappa shape index (κ1) is 16.5. The number of hydrogen-bond acceptors (Lipinski definition) is 2. The minimum absolute atomic E-state index is 0.0835. The zero-order valence-corrected chi connectivity index (χ0v) is 13.1. The molecule has 0 aliphatic carbocycles. The number of nitrogens with one attached hydrogen (secondary N) is 2. The van der Waals surface area contributed by atoms with Crippen LogP contribution in [0.1, 0.15) is 46.6 Å². The van der Waals surface area contributed by atoms with Gasteiger partial charge in [-0.3, -0.25) is 0 Å². The van der Waals surface area contributed by atoms with Crippen LogP contribution in [0.5, 0.6) is 0 Å². The number of rotatable bonds is 4. The molecule has 1 rings (SSSR count). The van der Waals surface area contributed by atoms with Gasteiger partial charge >= 0.3 is 6.03 Å². The summed E-state index contributed by atoms with van der Waals surface area (Å²) >= 11 is 0. The maximum atomic E-state index is 11.9. The van der Waals surface area contributed by atoms with Crippen molar-refractivity contribution in [3.8, 4) is 0 Å². The highest BCUT2D eigenvalue weighted by atomic mass is 16.3. The van der Waals surface area contributed by atoms with Crippen molar-refractivity contribution >= 4 is 11.7 Å². The van der Waals surface area contributed by atoms with Crippen molar-refractivity contribution in [3.05, 3.63) is 29.8 Å². The van der Waals surface area contributed by atoms with Gasteiger partial charge in [0, 0.05) is 5.69 Å². The third-order valence-electron chi connectivity index (χ3n) is 3.55. The fourth-order valence-corrected chi connectivity index (χ4v) is 1.73. The Kier molecular flexibility index (Phi) is 5.17. The van der Waals surface area contributed by atoms with E-state index < -0.39 is 5.54 Å². The molecule has 112 valence electrons. The van der Waals surface area contributed by atoms with E-state index in [0.717, 1.165) is 5.69 Å². The first-order valence-corrected chi connectivity index (χ1v) is 7.01. The van der Waals surface area contributed by atoms with E-state index in [4.69, 9.17) is 0 Å². The van der Waals surface area contributed by atoms with Crippen LogP contribution in [0.4, 0.5) is 10.5 Å². The van der Waals surface area contributed by atoms with Crippen molar-refractivity contribution in [2.45, 2.75) is 52.0 Å². The van der Waals surface area contributed by atoms with E-state index >= 15 is 0 Å². The molecule has 0 saturated carbocycles. The normalized spacial score (nSPS) is 14.5. The highest BCUT2D eigenvalue weighted by molar-refractivity contribution is 5.89. The van der Waals surface area contributed by atoms with Gasteiger partial charge in [0.1, 0.15) is 0 Å². The molecule has 0 radical (unpaired) electrons. The first-order valence-electron chi connectivity index (χ1n) is 7.01. The van der Waals surface area contributed by atoms with E-state index in [1.165, 1.54) is 5.56 Å². The molecule has 1 aromatic carbocycles. The van der Waals surface area contributed by atoms with E-state index in [0.29, 0.717) is 6.42 Å². The number of benzene rings is 1. The predicted octanol–water partition coefficient (Wildman–Crippen LogP) is 3.27. The second-order valence-corrected chi connectivity index (χ2v) is 6.48. The van der Waals surface area contributed by atoms with Crippen LogP contribution in [-0.2, 0) is 5.41 Å². The Labute approximate surface area is 121 Å². The van der Waals surface area contributed by atoms with Gasteiger partial charge in [0.05, 0.1) is 12.1 Å². The summed E-state index contributed by atoms with van der Waals surface area (Å²) in [6, 6.07) is 7.51. The fraction of sp³-hybridized carbons (Fsp3) is 0.562. The molecule has 0 fully saturated rings. The summed E-state index contributed by atoms with van der Waals surface area (Å²) in [4.78, 5) is 11.9. The molecule has 4 heteroatoms. The van der Waals surface area contributed by atoms with Crippen LogP contribution in [0.15, 0.2) is 24.3 Å².